The number of anilines is 2. The number of nitrogens with one attached hydrogen (secondary N) is 1. The maximum atomic E-state index is 13.3. The van der Waals surface area contributed by atoms with E-state index < -0.39 is 5.82 Å². The van der Waals surface area contributed by atoms with Crippen molar-refractivity contribution in [2.75, 3.05) is 31.2 Å². The van der Waals surface area contributed by atoms with Crippen LogP contribution in [0.4, 0.5) is 16.2 Å². The lowest BCUT2D eigenvalue weighted by Gasteiger charge is -2.23. The van der Waals surface area contributed by atoms with E-state index in [1.807, 2.05) is 7.05 Å². The lowest BCUT2D eigenvalue weighted by atomic mass is 10.2. The van der Waals surface area contributed by atoms with Crippen molar-refractivity contribution < 1.29 is 4.39 Å². The molecule has 0 saturated carbocycles. The summed E-state index contributed by atoms with van der Waals surface area (Å²) in [7, 11) is 2.04. The Hall–Kier alpha value is -1.43. The molecule has 0 fully saturated rings. The van der Waals surface area contributed by atoms with Crippen molar-refractivity contribution in [3.05, 3.63) is 12.0 Å². The number of nitrogens with two attached hydrogens (primary N) is 1. The van der Waals surface area contributed by atoms with Gasteiger partial charge in [-0.05, 0) is 20.4 Å². The summed E-state index contributed by atoms with van der Waals surface area (Å²) in [5.41, 5.74) is 5.39. The molecule has 0 bridgehead atoms. The second-order valence-corrected chi connectivity index (χ2v) is 4.09. The zero-order valence-corrected chi connectivity index (χ0v) is 10.6. The highest BCUT2D eigenvalue weighted by molar-refractivity contribution is 5.38. The molecule has 0 aliphatic carbocycles. The molecule has 1 rings (SSSR count). The SMILES string of the molecule is CCC(C)N(C)CCNc1nc(N)ncc1F. The van der Waals surface area contributed by atoms with Crippen LogP contribution in [0.15, 0.2) is 6.20 Å². The Morgan fingerprint density at radius 2 is 2.29 bits per heavy atom. The van der Waals surface area contributed by atoms with Crippen molar-refractivity contribution in [2.45, 2.75) is 26.3 Å². The van der Waals surface area contributed by atoms with E-state index in [0.717, 1.165) is 19.2 Å². The monoisotopic (exact) mass is 241 g/mol. The average Bonchev–Trinajstić information content (AvgIpc) is 2.32. The topological polar surface area (TPSA) is 67.1 Å². The van der Waals surface area contributed by atoms with Gasteiger partial charge in [0.2, 0.25) is 5.95 Å². The molecule has 3 N–H and O–H groups in total. The molecule has 0 aliphatic rings. The molecule has 6 heteroatoms. The Morgan fingerprint density at radius 1 is 1.59 bits per heavy atom. The first-order valence-corrected chi connectivity index (χ1v) is 5.76. The van der Waals surface area contributed by atoms with E-state index in [4.69, 9.17) is 5.73 Å². The summed E-state index contributed by atoms with van der Waals surface area (Å²) >= 11 is 0. The second kappa shape index (κ2) is 6.34. The highest BCUT2D eigenvalue weighted by Gasteiger charge is 2.08. The molecule has 0 amide bonds. The van der Waals surface area contributed by atoms with Crippen molar-refractivity contribution in [3.8, 4) is 0 Å². The zero-order chi connectivity index (χ0) is 12.8. The Kier molecular flexibility index (Phi) is 5.09. The number of rotatable bonds is 6. The molecule has 1 aromatic heterocycles. The first kappa shape index (κ1) is 13.6. The fourth-order valence-electron chi connectivity index (χ4n) is 1.39. The number of halogens is 1. The van der Waals surface area contributed by atoms with Crippen LogP contribution in [0, 0.1) is 5.82 Å². The molecule has 17 heavy (non-hydrogen) atoms. The van der Waals surface area contributed by atoms with E-state index in [9.17, 15) is 4.39 Å². The molecule has 0 aliphatic heterocycles. The summed E-state index contributed by atoms with van der Waals surface area (Å²) in [6, 6.07) is 0.511. The normalized spacial score (nSPS) is 12.8. The minimum Gasteiger partial charge on any atom is -0.368 e. The predicted octanol–water partition coefficient (Wildman–Crippen LogP) is 1.34. The van der Waals surface area contributed by atoms with Crippen molar-refractivity contribution in [1.29, 1.82) is 0 Å². The van der Waals surface area contributed by atoms with Gasteiger partial charge in [-0.3, -0.25) is 0 Å². The lowest BCUT2D eigenvalue weighted by molar-refractivity contribution is 0.261. The van der Waals surface area contributed by atoms with E-state index >= 15 is 0 Å². The summed E-state index contributed by atoms with van der Waals surface area (Å²) < 4.78 is 13.3. The average molecular weight is 241 g/mol. The quantitative estimate of drug-likeness (QED) is 0.786. The molecule has 0 aromatic carbocycles. The summed E-state index contributed by atoms with van der Waals surface area (Å²) in [6.45, 7) is 5.73. The minimum atomic E-state index is -0.481. The van der Waals surface area contributed by atoms with Crippen LogP contribution in [0.25, 0.3) is 0 Å². The third-order valence-corrected chi connectivity index (χ3v) is 2.86. The summed E-state index contributed by atoms with van der Waals surface area (Å²) in [5.74, 6) is -0.246. The maximum absolute atomic E-state index is 13.3. The second-order valence-electron chi connectivity index (χ2n) is 4.09. The third-order valence-electron chi connectivity index (χ3n) is 2.86. The number of nitrogen functional groups attached to an aromatic ring is 1. The van der Waals surface area contributed by atoms with Gasteiger partial charge < -0.3 is 16.0 Å². The van der Waals surface area contributed by atoms with Crippen LogP contribution in [0.3, 0.4) is 0 Å². The van der Waals surface area contributed by atoms with Crippen LogP contribution in [0.1, 0.15) is 20.3 Å². The van der Waals surface area contributed by atoms with Crippen molar-refractivity contribution >= 4 is 11.8 Å². The Morgan fingerprint density at radius 3 is 2.94 bits per heavy atom. The van der Waals surface area contributed by atoms with Gasteiger partial charge in [-0.25, -0.2) is 9.37 Å². The van der Waals surface area contributed by atoms with Gasteiger partial charge in [-0.15, -0.1) is 0 Å². The number of aromatic nitrogens is 2. The van der Waals surface area contributed by atoms with Crippen LogP contribution >= 0.6 is 0 Å². The van der Waals surface area contributed by atoms with Crippen LogP contribution in [0.2, 0.25) is 0 Å². The van der Waals surface area contributed by atoms with Crippen LogP contribution in [-0.2, 0) is 0 Å². The van der Waals surface area contributed by atoms with Crippen LogP contribution in [0.5, 0.6) is 0 Å². The highest BCUT2D eigenvalue weighted by Crippen LogP contribution is 2.09. The van der Waals surface area contributed by atoms with Gasteiger partial charge in [0.1, 0.15) is 0 Å². The molecule has 1 unspecified atom stereocenters. The number of hydrogen-bond acceptors (Lipinski definition) is 5. The number of hydrogen-bond donors (Lipinski definition) is 2. The fourth-order valence-corrected chi connectivity index (χ4v) is 1.39. The van der Waals surface area contributed by atoms with Crippen molar-refractivity contribution in [3.63, 3.8) is 0 Å². The third kappa shape index (κ3) is 4.14. The van der Waals surface area contributed by atoms with Crippen LogP contribution in [-0.4, -0.2) is 41.0 Å². The smallest absolute Gasteiger partial charge is 0.222 e. The van der Waals surface area contributed by atoms with Crippen LogP contribution < -0.4 is 11.1 Å². The molecule has 5 nitrogen and oxygen atoms in total. The first-order chi connectivity index (χ1) is 8.04. The highest BCUT2D eigenvalue weighted by atomic mass is 19.1. The van der Waals surface area contributed by atoms with E-state index in [0.29, 0.717) is 12.6 Å². The molecular weight excluding hydrogens is 221 g/mol. The molecule has 1 heterocycles. The van der Waals surface area contributed by atoms with E-state index in [2.05, 4.69) is 34.0 Å². The van der Waals surface area contributed by atoms with Crippen molar-refractivity contribution in [1.82, 2.24) is 14.9 Å². The summed E-state index contributed by atoms with van der Waals surface area (Å²) in [5, 5.41) is 2.92. The lowest BCUT2D eigenvalue weighted by Crippen LogP contribution is -2.32. The number of nitrogens with zero attached hydrogens (tertiary/aromatic N) is 3. The standard InChI is InChI=1S/C11H20FN5/c1-4-8(2)17(3)6-5-14-10-9(12)7-15-11(13)16-10/h7-8H,4-6H2,1-3H3,(H3,13,14,15,16). The van der Waals surface area contributed by atoms with Gasteiger partial charge in [0, 0.05) is 19.1 Å². The minimum absolute atomic E-state index is 0.0733. The Bertz CT molecular complexity index is 358. The van der Waals surface area contributed by atoms with Gasteiger partial charge in [-0.1, -0.05) is 6.92 Å². The fraction of sp³-hybridized carbons (Fsp3) is 0.636. The number of likely N-dealkylation sites (N-methyl/N-ethyl adjacent to an activating group) is 1. The largest absolute Gasteiger partial charge is 0.368 e. The Balaban J connectivity index is 2.43. The molecule has 1 aromatic rings. The summed E-state index contributed by atoms with van der Waals surface area (Å²) in [6.07, 6.45) is 2.16. The molecule has 0 saturated heterocycles. The van der Waals surface area contributed by atoms with Gasteiger partial charge in [0.25, 0.3) is 0 Å². The van der Waals surface area contributed by atoms with E-state index in [1.165, 1.54) is 0 Å². The van der Waals surface area contributed by atoms with Gasteiger partial charge >= 0.3 is 0 Å². The molecule has 0 radical (unpaired) electrons. The van der Waals surface area contributed by atoms with Gasteiger partial charge in [0.15, 0.2) is 11.6 Å². The molecule has 0 spiro atoms. The molecular formula is C11H20FN5. The van der Waals surface area contributed by atoms with E-state index in [-0.39, 0.29) is 11.8 Å². The van der Waals surface area contributed by atoms with Gasteiger partial charge in [-0.2, -0.15) is 4.98 Å². The zero-order valence-electron chi connectivity index (χ0n) is 10.6. The van der Waals surface area contributed by atoms with E-state index in [1.54, 1.807) is 0 Å². The Labute approximate surface area is 101 Å². The van der Waals surface area contributed by atoms with Crippen molar-refractivity contribution in [2.24, 2.45) is 0 Å². The predicted molar refractivity (Wildman–Crippen MR) is 67.3 cm³/mol. The molecule has 1 atom stereocenters. The summed E-state index contributed by atoms with van der Waals surface area (Å²) in [4.78, 5) is 9.57. The first-order valence-electron chi connectivity index (χ1n) is 5.76. The maximum Gasteiger partial charge on any atom is 0.222 e. The van der Waals surface area contributed by atoms with Gasteiger partial charge in [0.05, 0.1) is 6.20 Å². The molecule has 96 valence electrons.